The lowest BCUT2D eigenvalue weighted by atomic mass is 10.0. The van der Waals surface area contributed by atoms with Gasteiger partial charge in [0.2, 0.25) is 11.8 Å². The quantitative estimate of drug-likeness (QED) is 0.312. The first-order valence-corrected chi connectivity index (χ1v) is 13.2. The normalized spacial score (nSPS) is 12.9. The van der Waals surface area contributed by atoms with E-state index in [1.165, 1.54) is 28.6 Å². The Bertz CT molecular complexity index is 1420. The van der Waals surface area contributed by atoms with Crippen molar-refractivity contribution in [2.75, 3.05) is 13.2 Å². The van der Waals surface area contributed by atoms with Crippen LogP contribution in [0.1, 0.15) is 54.2 Å². The number of nitrogens with one attached hydrogen (secondary N) is 1. The van der Waals surface area contributed by atoms with Gasteiger partial charge in [0.25, 0.3) is 0 Å². The molecule has 0 atom stereocenters. The van der Waals surface area contributed by atoms with Gasteiger partial charge < -0.3 is 15.3 Å². The number of aliphatic hydroxyl groups excluding tert-OH is 1. The van der Waals surface area contributed by atoms with Crippen molar-refractivity contribution in [3.8, 4) is 0 Å². The summed E-state index contributed by atoms with van der Waals surface area (Å²) in [6.45, 7) is 0.904. The summed E-state index contributed by atoms with van der Waals surface area (Å²) in [5, 5.41) is 16.5. The third-order valence-electron chi connectivity index (χ3n) is 6.58. The fourth-order valence-electron chi connectivity index (χ4n) is 4.42. The fourth-order valence-corrected chi connectivity index (χ4v) is 4.62. The molecule has 206 valence electrons. The van der Waals surface area contributed by atoms with Gasteiger partial charge in [-0.25, -0.2) is 4.39 Å². The van der Waals surface area contributed by atoms with Gasteiger partial charge in [-0.3, -0.25) is 23.9 Å². The molecule has 1 aromatic heterocycles. The molecule has 1 fully saturated rings. The van der Waals surface area contributed by atoms with Crippen molar-refractivity contribution in [3.63, 3.8) is 0 Å². The Morgan fingerprint density at radius 1 is 1.21 bits per heavy atom. The minimum Gasteiger partial charge on any atom is -0.396 e. The molecule has 0 spiro atoms. The zero-order valence-electron chi connectivity index (χ0n) is 21.6. The van der Waals surface area contributed by atoms with E-state index < -0.39 is 11.7 Å². The van der Waals surface area contributed by atoms with Crippen LogP contribution in [0.3, 0.4) is 0 Å². The summed E-state index contributed by atoms with van der Waals surface area (Å²) in [7, 11) is 0. The molecule has 39 heavy (non-hydrogen) atoms. The van der Waals surface area contributed by atoms with Crippen LogP contribution in [0.15, 0.2) is 36.4 Å². The summed E-state index contributed by atoms with van der Waals surface area (Å²) in [5.74, 6) is -1.66. The molecule has 4 rings (SSSR count). The van der Waals surface area contributed by atoms with Gasteiger partial charge in [0.05, 0.1) is 17.1 Å². The highest BCUT2D eigenvalue weighted by Gasteiger charge is 2.34. The molecule has 1 heterocycles. The highest BCUT2D eigenvalue weighted by molar-refractivity contribution is 6.30. The topological polar surface area (TPSA) is 122 Å². The lowest BCUT2D eigenvalue weighted by molar-refractivity contribution is -0.137. The predicted molar refractivity (Wildman–Crippen MR) is 143 cm³/mol. The van der Waals surface area contributed by atoms with Crippen molar-refractivity contribution >= 4 is 45.9 Å². The number of fused-ring (bicyclic) bond motifs is 1. The van der Waals surface area contributed by atoms with E-state index in [0.29, 0.717) is 22.9 Å². The molecule has 1 saturated carbocycles. The van der Waals surface area contributed by atoms with Crippen LogP contribution in [-0.4, -0.2) is 62.4 Å². The molecule has 2 N–H and O–H groups in total. The molecule has 2 amide bonds. The lowest BCUT2D eigenvalue weighted by Gasteiger charge is -2.22. The summed E-state index contributed by atoms with van der Waals surface area (Å²) >= 11 is 5.80. The Kier molecular flexibility index (Phi) is 9.08. The van der Waals surface area contributed by atoms with Crippen LogP contribution in [0.5, 0.6) is 0 Å². The van der Waals surface area contributed by atoms with Crippen LogP contribution in [0, 0.1) is 5.82 Å². The highest BCUT2D eigenvalue weighted by atomic mass is 35.5. The largest absolute Gasteiger partial charge is 0.396 e. The SMILES string of the molecule is CC(=O)c1nn(CC(=O)N(CC(=O)NCc2cccc(Cl)c2F)C2CC2)c2ccc(CC(=O)CCCO)cc12. The van der Waals surface area contributed by atoms with Crippen LogP contribution in [0.2, 0.25) is 5.02 Å². The van der Waals surface area contributed by atoms with E-state index in [0.717, 1.165) is 12.8 Å². The van der Waals surface area contributed by atoms with E-state index in [1.807, 2.05) is 0 Å². The van der Waals surface area contributed by atoms with Gasteiger partial charge in [0.15, 0.2) is 5.78 Å². The number of amides is 2. The average molecular weight is 557 g/mol. The van der Waals surface area contributed by atoms with E-state index in [4.69, 9.17) is 16.7 Å². The van der Waals surface area contributed by atoms with Gasteiger partial charge in [0, 0.05) is 49.9 Å². The van der Waals surface area contributed by atoms with Crippen molar-refractivity contribution in [1.82, 2.24) is 20.0 Å². The van der Waals surface area contributed by atoms with Gasteiger partial charge in [0.1, 0.15) is 23.8 Å². The summed E-state index contributed by atoms with van der Waals surface area (Å²) in [6, 6.07) is 9.68. The maximum absolute atomic E-state index is 14.1. The number of aliphatic hydroxyl groups is 1. The number of benzene rings is 2. The molecule has 0 aliphatic heterocycles. The van der Waals surface area contributed by atoms with Gasteiger partial charge >= 0.3 is 0 Å². The average Bonchev–Trinajstić information content (AvgIpc) is 3.68. The molecule has 2 aromatic carbocycles. The number of carbonyl (C=O) groups excluding carboxylic acids is 4. The summed E-state index contributed by atoms with van der Waals surface area (Å²) in [5.41, 5.74) is 1.72. The molecule has 11 heteroatoms. The third kappa shape index (κ3) is 7.07. The smallest absolute Gasteiger partial charge is 0.245 e. The summed E-state index contributed by atoms with van der Waals surface area (Å²) in [6.07, 6.45) is 2.37. The predicted octanol–water partition coefficient (Wildman–Crippen LogP) is 3.22. The minimum atomic E-state index is -0.598. The molecule has 0 unspecified atom stereocenters. The standard InChI is InChI=1S/C28H30ClFN4O5/c1-17(36)28-22-13-18(12-21(37)5-3-11-35)7-10-24(22)34(32-28)16-26(39)33(20-8-9-20)15-25(38)31-14-19-4-2-6-23(29)27(19)30/h2,4,6-7,10,13,20,35H,3,5,8-9,11-12,14-16H2,1H3,(H,31,38). The Hall–Kier alpha value is -3.63. The van der Waals surface area contributed by atoms with Gasteiger partial charge in [-0.15, -0.1) is 0 Å². The van der Waals surface area contributed by atoms with Crippen molar-refractivity contribution in [1.29, 1.82) is 0 Å². The first-order valence-electron chi connectivity index (χ1n) is 12.8. The van der Waals surface area contributed by atoms with Crippen LogP contribution in [-0.2, 0) is 33.9 Å². The molecule has 0 radical (unpaired) electrons. The number of hydrogen-bond acceptors (Lipinski definition) is 6. The van der Waals surface area contributed by atoms with Crippen molar-refractivity contribution in [2.24, 2.45) is 0 Å². The molecule has 0 bridgehead atoms. The second kappa shape index (κ2) is 12.5. The first kappa shape index (κ1) is 28.4. The molecular weight excluding hydrogens is 527 g/mol. The van der Waals surface area contributed by atoms with E-state index in [1.54, 1.807) is 24.3 Å². The number of nitrogens with zero attached hydrogens (tertiary/aromatic N) is 3. The second-order valence-electron chi connectivity index (χ2n) is 9.70. The molecular formula is C28H30ClFN4O5. The van der Waals surface area contributed by atoms with Crippen molar-refractivity contribution in [2.45, 2.75) is 58.2 Å². The number of ketones is 2. The zero-order valence-corrected chi connectivity index (χ0v) is 22.3. The minimum absolute atomic E-state index is 0.0215. The van der Waals surface area contributed by atoms with Gasteiger partial charge in [-0.2, -0.15) is 5.10 Å². The van der Waals surface area contributed by atoms with E-state index >= 15 is 0 Å². The van der Waals surface area contributed by atoms with Crippen LogP contribution in [0.4, 0.5) is 4.39 Å². The van der Waals surface area contributed by atoms with Crippen LogP contribution in [0.25, 0.3) is 10.9 Å². The number of Topliss-reactive ketones (excluding diaryl/α,β-unsaturated/α-hetero) is 2. The van der Waals surface area contributed by atoms with E-state index in [-0.39, 0.29) is 78.9 Å². The van der Waals surface area contributed by atoms with Crippen LogP contribution < -0.4 is 5.32 Å². The van der Waals surface area contributed by atoms with Crippen molar-refractivity contribution < 1.29 is 28.7 Å². The molecule has 3 aromatic rings. The second-order valence-corrected chi connectivity index (χ2v) is 10.1. The maximum atomic E-state index is 14.1. The van der Waals surface area contributed by atoms with Gasteiger partial charge in [-0.05, 0) is 43.0 Å². The first-order chi connectivity index (χ1) is 18.7. The number of aromatic nitrogens is 2. The summed E-state index contributed by atoms with van der Waals surface area (Å²) in [4.78, 5) is 51.9. The number of carbonyl (C=O) groups is 4. The van der Waals surface area contributed by atoms with Crippen molar-refractivity contribution in [3.05, 3.63) is 64.1 Å². The molecule has 0 saturated heterocycles. The number of halogens is 2. The molecule has 9 nitrogen and oxygen atoms in total. The Balaban J connectivity index is 1.47. The fraction of sp³-hybridized carbons (Fsp3) is 0.393. The van der Waals surface area contributed by atoms with Crippen LogP contribution >= 0.6 is 11.6 Å². The Morgan fingerprint density at radius 2 is 1.97 bits per heavy atom. The van der Waals surface area contributed by atoms with E-state index in [2.05, 4.69) is 10.4 Å². The number of rotatable bonds is 13. The lowest BCUT2D eigenvalue weighted by Crippen LogP contribution is -2.43. The Morgan fingerprint density at radius 3 is 2.67 bits per heavy atom. The molecule has 1 aliphatic rings. The maximum Gasteiger partial charge on any atom is 0.245 e. The highest BCUT2D eigenvalue weighted by Crippen LogP contribution is 2.28. The summed E-state index contributed by atoms with van der Waals surface area (Å²) < 4.78 is 15.6. The zero-order chi connectivity index (χ0) is 28.1. The van der Waals surface area contributed by atoms with E-state index in [9.17, 15) is 23.6 Å². The van der Waals surface area contributed by atoms with Gasteiger partial charge in [-0.1, -0.05) is 29.8 Å². The monoisotopic (exact) mass is 556 g/mol. The third-order valence-corrected chi connectivity index (χ3v) is 6.87. The number of hydrogen-bond donors (Lipinski definition) is 2. The molecule has 1 aliphatic carbocycles. The Labute approximate surface area is 229 Å².